The fraction of sp³-hybridized carbons (Fsp3) is 0.200. The maximum absolute atomic E-state index is 5.40. The van der Waals surface area contributed by atoms with E-state index >= 15 is 0 Å². The summed E-state index contributed by atoms with van der Waals surface area (Å²) in [6.45, 7) is 0. The Labute approximate surface area is 123 Å². The number of benzene rings is 1. The van der Waals surface area contributed by atoms with Crippen LogP contribution in [0.5, 0.6) is 0 Å². The molecule has 0 saturated carbocycles. The van der Waals surface area contributed by atoms with E-state index in [2.05, 4.69) is 28.2 Å². The molecular weight excluding hydrogens is 264 g/mol. The monoisotopic (exact) mass is 284 g/mol. The van der Waals surface area contributed by atoms with Gasteiger partial charge in [0.25, 0.3) is 0 Å². The van der Waals surface area contributed by atoms with Crippen molar-refractivity contribution in [2.75, 3.05) is 0 Å². The van der Waals surface area contributed by atoms with E-state index in [0.29, 0.717) is 5.92 Å². The number of aliphatic imine (C=N–C) groups is 2. The van der Waals surface area contributed by atoms with Crippen molar-refractivity contribution in [3.8, 4) is 0 Å². The van der Waals surface area contributed by atoms with Crippen LogP contribution in [0.25, 0.3) is 0 Å². The minimum Gasteiger partial charge on any atom is -0.370 e. The molecule has 8 N–H and O–H groups in total. The number of hydrogen-bond acceptors (Lipinski definition) is 2. The van der Waals surface area contributed by atoms with Crippen LogP contribution in [0.4, 0.5) is 5.69 Å². The molecule has 1 aromatic carbocycles. The normalized spacial score (nSPS) is 17.0. The van der Waals surface area contributed by atoms with E-state index in [0.717, 1.165) is 29.8 Å². The molecule has 6 heteroatoms. The van der Waals surface area contributed by atoms with Gasteiger partial charge in [0.05, 0.1) is 11.4 Å². The lowest BCUT2D eigenvalue weighted by Crippen LogP contribution is -2.22. The average Bonchev–Trinajstić information content (AvgIpc) is 2.37. The number of hydrogen-bond donors (Lipinski definition) is 4. The van der Waals surface area contributed by atoms with Gasteiger partial charge < -0.3 is 22.9 Å². The molecule has 0 heterocycles. The Kier molecular flexibility index (Phi) is 4.61. The minimum absolute atomic E-state index is 0.0580. The third kappa shape index (κ3) is 4.68. The highest BCUT2D eigenvalue weighted by Crippen LogP contribution is 2.23. The van der Waals surface area contributed by atoms with Gasteiger partial charge in [-0.1, -0.05) is 24.3 Å². The Hall–Kier alpha value is -2.76. The molecule has 21 heavy (non-hydrogen) atoms. The highest BCUT2D eigenvalue weighted by atomic mass is 15.0. The molecule has 0 amide bonds. The van der Waals surface area contributed by atoms with Crippen LogP contribution in [0.3, 0.4) is 0 Å². The Morgan fingerprint density at radius 2 is 1.86 bits per heavy atom. The lowest BCUT2D eigenvalue weighted by atomic mass is 9.92. The van der Waals surface area contributed by atoms with Gasteiger partial charge in [0.15, 0.2) is 11.9 Å². The van der Waals surface area contributed by atoms with Crippen molar-refractivity contribution in [2.45, 2.75) is 12.8 Å². The maximum Gasteiger partial charge on any atom is 0.191 e. The zero-order chi connectivity index (χ0) is 15.2. The van der Waals surface area contributed by atoms with E-state index in [1.165, 1.54) is 0 Å². The molecular formula is C15H20N6. The molecule has 2 rings (SSSR count). The van der Waals surface area contributed by atoms with Crippen molar-refractivity contribution in [2.24, 2.45) is 38.8 Å². The van der Waals surface area contributed by atoms with Crippen molar-refractivity contribution in [1.82, 2.24) is 0 Å². The molecule has 0 aliphatic heterocycles. The highest BCUT2D eigenvalue weighted by Gasteiger charge is 2.10. The summed E-state index contributed by atoms with van der Waals surface area (Å²) < 4.78 is 0. The lowest BCUT2D eigenvalue weighted by molar-refractivity contribution is 0.647. The number of rotatable bonds is 4. The molecule has 0 saturated heterocycles. The topological polar surface area (TPSA) is 129 Å². The third-order valence-electron chi connectivity index (χ3n) is 3.06. The van der Waals surface area contributed by atoms with Gasteiger partial charge in [-0.25, -0.2) is 9.98 Å². The number of nitrogens with zero attached hydrogens (tertiary/aromatic N) is 2. The van der Waals surface area contributed by atoms with E-state index in [9.17, 15) is 0 Å². The van der Waals surface area contributed by atoms with E-state index < -0.39 is 0 Å². The Morgan fingerprint density at radius 1 is 1.10 bits per heavy atom. The molecule has 1 aromatic rings. The fourth-order valence-electron chi connectivity index (χ4n) is 2.30. The van der Waals surface area contributed by atoms with Gasteiger partial charge in [0, 0.05) is 0 Å². The molecule has 1 atom stereocenters. The van der Waals surface area contributed by atoms with Gasteiger partial charge in [0.2, 0.25) is 0 Å². The smallest absolute Gasteiger partial charge is 0.191 e. The second kappa shape index (κ2) is 6.60. The second-order valence-corrected chi connectivity index (χ2v) is 4.94. The Bertz CT molecular complexity index is 619. The van der Waals surface area contributed by atoms with E-state index in [1.807, 2.05) is 24.3 Å². The van der Waals surface area contributed by atoms with Crippen LogP contribution in [-0.4, -0.2) is 11.9 Å². The molecule has 0 radical (unpaired) electrons. The summed E-state index contributed by atoms with van der Waals surface area (Å²) in [5.41, 5.74) is 24.3. The summed E-state index contributed by atoms with van der Waals surface area (Å²) in [5, 5.41) is 0. The Morgan fingerprint density at radius 3 is 2.57 bits per heavy atom. The maximum atomic E-state index is 5.40. The third-order valence-corrected chi connectivity index (χ3v) is 3.06. The Balaban J connectivity index is 2.12. The molecule has 110 valence electrons. The summed E-state index contributed by atoms with van der Waals surface area (Å²) >= 11 is 0. The van der Waals surface area contributed by atoms with Crippen LogP contribution in [-0.2, 0) is 6.42 Å². The summed E-state index contributed by atoms with van der Waals surface area (Å²) in [5.74, 6) is 0.478. The van der Waals surface area contributed by atoms with Crippen molar-refractivity contribution in [1.29, 1.82) is 0 Å². The van der Waals surface area contributed by atoms with Gasteiger partial charge in [-0.15, -0.1) is 0 Å². The van der Waals surface area contributed by atoms with Crippen molar-refractivity contribution in [3.05, 3.63) is 53.8 Å². The molecule has 0 fully saturated rings. The van der Waals surface area contributed by atoms with Gasteiger partial charge in [-0.3, -0.25) is 0 Å². The van der Waals surface area contributed by atoms with Crippen LogP contribution >= 0.6 is 0 Å². The first-order valence-corrected chi connectivity index (χ1v) is 6.69. The SMILES string of the molecule is NC(N)=NC1=CC(Cc2cccc(N=C(N)N)c2)CC=C1. The molecule has 1 aliphatic rings. The number of guanidine groups is 2. The van der Waals surface area contributed by atoms with Crippen LogP contribution in [0, 0.1) is 5.92 Å². The minimum atomic E-state index is 0.0580. The van der Waals surface area contributed by atoms with E-state index in [-0.39, 0.29) is 11.9 Å². The van der Waals surface area contributed by atoms with E-state index in [1.54, 1.807) is 0 Å². The summed E-state index contributed by atoms with van der Waals surface area (Å²) in [6, 6.07) is 7.84. The molecule has 1 aliphatic carbocycles. The average molecular weight is 284 g/mol. The van der Waals surface area contributed by atoms with Gasteiger partial charge >= 0.3 is 0 Å². The van der Waals surface area contributed by atoms with Gasteiger partial charge in [0.1, 0.15) is 0 Å². The van der Waals surface area contributed by atoms with Crippen LogP contribution in [0.15, 0.2) is 58.2 Å². The highest BCUT2D eigenvalue weighted by molar-refractivity contribution is 5.79. The summed E-state index contributed by atoms with van der Waals surface area (Å²) in [7, 11) is 0. The number of nitrogens with two attached hydrogens (primary N) is 4. The van der Waals surface area contributed by atoms with Crippen molar-refractivity contribution < 1.29 is 0 Å². The largest absolute Gasteiger partial charge is 0.370 e. The molecule has 6 nitrogen and oxygen atoms in total. The lowest BCUT2D eigenvalue weighted by Gasteiger charge is -2.15. The van der Waals surface area contributed by atoms with Crippen molar-refractivity contribution >= 4 is 17.6 Å². The van der Waals surface area contributed by atoms with E-state index in [4.69, 9.17) is 22.9 Å². The van der Waals surface area contributed by atoms with Crippen LogP contribution in [0.1, 0.15) is 12.0 Å². The second-order valence-electron chi connectivity index (χ2n) is 4.94. The summed E-state index contributed by atoms with van der Waals surface area (Å²) in [4.78, 5) is 8.13. The molecule has 1 unspecified atom stereocenters. The molecule has 0 aromatic heterocycles. The number of allylic oxidation sites excluding steroid dienone is 3. The molecule has 0 bridgehead atoms. The van der Waals surface area contributed by atoms with Gasteiger partial charge in [-0.2, -0.15) is 0 Å². The standard InChI is InChI=1S/C15H20N6/c16-14(17)20-12-5-1-3-10(8-12)7-11-4-2-6-13(9-11)21-15(18)19/h1-3,5-6,8-9,11H,4,7H2,(H4,16,17,20)(H4,18,19,21). The quantitative estimate of drug-likeness (QED) is 0.483. The zero-order valence-corrected chi connectivity index (χ0v) is 11.7. The predicted molar refractivity (Wildman–Crippen MR) is 86.8 cm³/mol. The first-order valence-electron chi connectivity index (χ1n) is 6.69. The fourth-order valence-corrected chi connectivity index (χ4v) is 2.30. The molecule has 0 spiro atoms. The first kappa shape index (κ1) is 14.6. The summed E-state index contributed by atoms with van der Waals surface area (Å²) in [6.07, 6.45) is 7.91. The zero-order valence-electron chi connectivity index (χ0n) is 11.7. The van der Waals surface area contributed by atoms with Crippen LogP contribution in [0.2, 0.25) is 0 Å². The predicted octanol–water partition coefficient (Wildman–Crippen LogP) is 0.867. The van der Waals surface area contributed by atoms with Gasteiger partial charge in [-0.05, 0) is 42.5 Å². The van der Waals surface area contributed by atoms with Crippen molar-refractivity contribution in [3.63, 3.8) is 0 Å². The first-order chi connectivity index (χ1) is 10.0. The van der Waals surface area contributed by atoms with Crippen LogP contribution < -0.4 is 22.9 Å².